The van der Waals surface area contributed by atoms with Crippen LogP contribution in [-0.2, 0) is 11.3 Å². The number of carbonyl (C=O) groups excluding carboxylic acids is 1. The lowest BCUT2D eigenvalue weighted by atomic mass is 10.0. The van der Waals surface area contributed by atoms with Crippen LogP contribution in [0.25, 0.3) is 0 Å². The van der Waals surface area contributed by atoms with Crippen molar-refractivity contribution in [3.8, 4) is 0 Å². The Morgan fingerprint density at radius 1 is 1.33 bits per heavy atom. The van der Waals surface area contributed by atoms with E-state index >= 15 is 0 Å². The third-order valence-corrected chi connectivity index (χ3v) is 4.02. The summed E-state index contributed by atoms with van der Waals surface area (Å²) < 4.78 is 5.53. The fourth-order valence-electron chi connectivity index (χ4n) is 2.64. The highest BCUT2D eigenvalue weighted by molar-refractivity contribution is 5.94. The number of carbonyl (C=O) groups is 1. The van der Waals surface area contributed by atoms with Gasteiger partial charge < -0.3 is 15.4 Å². The van der Waals surface area contributed by atoms with Crippen LogP contribution in [-0.4, -0.2) is 31.7 Å². The Hall–Kier alpha value is -1.39. The molecule has 1 saturated heterocycles. The molecule has 0 radical (unpaired) electrons. The van der Waals surface area contributed by atoms with E-state index in [4.69, 9.17) is 4.74 Å². The number of hydrogen-bond donors (Lipinski definition) is 2. The highest BCUT2D eigenvalue weighted by Crippen LogP contribution is 2.17. The van der Waals surface area contributed by atoms with Gasteiger partial charge in [-0.2, -0.15) is 0 Å². The van der Waals surface area contributed by atoms with Gasteiger partial charge >= 0.3 is 0 Å². The summed E-state index contributed by atoms with van der Waals surface area (Å²) in [4.78, 5) is 12.0. The Balaban J connectivity index is 1.90. The average molecular weight is 290 g/mol. The van der Waals surface area contributed by atoms with Gasteiger partial charge in [0.15, 0.2) is 0 Å². The second-order valence-corrected chi connectivity index (χ2v) is 5.65. The lowest BCUT2D eigenvalue weighted by Crippen LogP contribution is -2.34. The molecule has 2 atom stereocenters. The minimum atomic E-state index is 0.00864. The first-order valence-electron chi connectivity index (χ1n) is 7.92. The number of ether oxygens (including phenoxy) is 1. The van der Waals surface area contributed by atoms with E-state index in [0.717, 1.165) is 50.3 Å². The first-order valence-corrected chi connectivity index (χ1v) is 7.92. The number of rotatable bonds is 7. The van der Waals surface area contributed by atoms with Gasteiger partial charge in [-0.25, -0.2) is 0 Å². The Kier molecular flexibility index (Phi) is 6.21. The molecule has 0 bridgehead atoms. The summed E-state index contributed by atoms with van der Waals surface area (Å²) >= 11 is 0. The van der Waals surface area contributed by atoms with Crippen molar-refractivity contribution in [1.29, 1.82) is 0 Å². The molecule has 4 nitrogen and oxygen atoms in total. The van der Waals surface area contributed by atoms with Crippen LogP contribution in [0, 0.1) is 5.92 Å². The standard InChI is InChI=1S/C17H26N2O2/c1-3-8-18-17(20)15-7-5-6-13(9-15)10-19-16-12-21-11-14(16)4-2/h5-7,9,14,16,19H,3-4,8,10-12H2,1-2H3,(H,18,20). The van der Waals surface area contributed by atoms with Crippen molar-refractivity contribution in [3.05, 3.63) is 35.4 Å². The molecule has 2 rings (SSSR count). The van der Waals surface area contributed by atoms with E-state index in [1.165, 1.54) is 0 Å². The molecular formula is C17H26N2O2. The highest BCUT2D eigenvalue weighted by Gasteiger charge is 2.25. The summed E-state index contributed by atoms with van der Waals surface area (Å²) in [7, 11) is 0. The van der Waals surface area contributed by atoms with E-state index in [0.29, 0.717) is 12.0 Å². The average Bonchev–Trinajstić information content (AvgIpc) is 2.98. The zero-order valence-corrected chi connectivity index (χ0v) is 13.0. The van der Waals surface area contributed by atoms with Gasteiger partial charge in [-0.1, -0.05) is 26.0 Å². The van der Waals surface area contributed by atoms with Crippen LogP contribution < -0.4 is 10.6 Å². The molecular weight excluding hydrogens is 264 g/mol. The van der Waals surface area contributed by atoms with Gasteiger partial charge in [0.1, 0.15) is 0 Å². The van der Waals surface area contributed by atoms with Gasteiger partial charge in [0.2, 0.25) is 0 Å². The van der Waals surface area contributed by atoms with Gasteiger partial charge in [0.25, 0.3) is 5.91 Å². The lowest BCUT2D eigenvalue weighted by molar-refractivity contribution is 0.0953. The largest absolute Gasteiger partial charge is 0.379 e. The third kappa shape index (κ3) is 4.55. The maximum atomic E-state index is 12.0. The van der Waals surface area contributed by atoms with E-state index in [1.807, 2.05) is 18.2 Å². The summed E-state index contributed by atoms with van der Waals surface area (Å²) in [6, 6.07) is 8.25. The maximum absolute atomic E-state index is 12.0. The van der Waals surface area contributed by atoms with Gasteiger partial charge in [0, 0.05) is 24.7 Å². The second kappa shape index (κ2) is 8.15. The van der Waals surface area contributed by atoms with Crippen molar-refractivity contribution in [2.45, 2.75) is 39.3 Å². The number of benzene rings is 1. The zero-order chi connectivity index (χ0) is 15.1. The molecule has 4 heteroatoms. The van der Waals surface area contributed by atoms with E-state index in [-0.39, 0.29) is 5.91 Å². The SMILES string of the molecule is CCCNC(=O)c1cccc(CNC2COCC2CC)c1. The molecule has 0 aromatic heterocycles. The molecule has 1 aliphatic rings. The summed E-state index contributed by atoms with van der Waals surface area (Å²) in [6.07, 6.45) is 2.09. The van der Waals surface area contributed by atoms with Crippen LogP contribution in [0.5, 0.6) is 0 Å². The lowest BCUT2D eigenvalue weighted by Gasteiger charge is -2.17. The third-order valence-electron chi connectivity index (χ3n) is 4.02. The van der Waals surface area contributed by atoms with Crippen molar-refractivity contribution in [1.82, 2.24) is 10.6 Å². The highest BCUT2D eigenvalue weighted by atomic mass is 16.5. The fraction of sp³-hybridized carbons (Fsp3) is 0.588. The van der Waals surface area contributed by atoms with E-state index in [9.17, 15) is 4.79 Å². The zero-order valence-electron chi connectivity index (χ0n) is 13.0. The number of hydrogen-bond acceptors (Lipinski definition) is 3. The summed E-state index contributed by atoms with van der Waals surface area (Å²) in [5.41, 5.74) is 1.87. The quantitative estimate of drug-likeness (QED) is 0.810. The Morgan fingerprint density at radius 2 is 2.19 bits per heavy atom. The topological polar surface area (TPSA) is 50.4 Å². The molecule has 0 aliphatic carbocycles. The minimum Gasteiger partial charge on any atom is -0.379 e. The van der Waals surface area contributed by atoms with Crippen LogP contribution in [0.15, 0.2) is 24.3 Å². The number of amides is 1. The van der Waals surface area contributed by atoms with Crippen LogP contribution in [0.3, 0.4) is 0 Å². The van der Waals surface area contributed by atoms with Crippen LogP contribution >= 0.6 is 0 Å². The van der Waals surface area contributed by atoms with E-state index < -0.39 is 0 Å². The summed E-state index contributed by atoms with van der Waals surface area (Å²) in [5.74, 6) is 0.607. The molecule has 21 heavy (non-hydrogen) atoms. The molecule has 116 valence electrons. The van der Waals surface area contributed by atoms with Gasteiger partial charge in [-0.3, -0.25) is 4.79 Å². The first-order chi connectivity index (χ1) is 10.2. The minimum absolute atomic E-state index is 0.00864. The number of nitrogens with one attached hydrogen (secondary N) is 2. The van der Waals surface area contributed by atoms with Gasteiger partial charge in [0.05, 0.1) is 13.2 Å². The van der Waals surface area contributed by atoms with Crippen LogP contribution in [0.4, 0.5) is 0 Å². The Labute approximate surface area is 127 Å². The molecule has 1 heterocycles. The molecule has 1 aliphatic heterocycles. The first kappa shape index (κ1) is 16.0. The predicted octanol–water partition coefficient (Wildman–Crippen LogP) is 2.34. The maximum Gasteiger partial charge on any atom is 0.251 e. The van der Waals surface area contributed by atoms with E-state index in [1.54, 1.807) is 0 Å². The molecule has 2 N–H and O–H groups in total. The summed E-state index contributed by atoms with van der Waals surface area (Å²) in [5, 5.41) is 6.46. The normalized spacial score (nSPS) is 21.4. The Morgan fingerprint density at radius 3 is 2.95 bits per heavy atom. The molecule has 1 aromatic carbocycles. The Bertz CT molecular complexity index is 462. The van der Waals surface area contributed by atoms with Crippen molar-refractivity contribution in [2.75, 3.05) is 19.8 Å². The van der Waals surface area contributed by atoms with Crippen molar-refractivity contribution >= 4 is 5.91 Å². The van der Waals surface area contributed by atoms with Crippen LogP contribution in [0.1, 0.15) is 42.6 Å². The smallest absolute Gasteiger partial charge is 0.251 e. The van der Waals surface area contributed by atoms with Crippen molar-refractivity contribution < 1.29 is 9.53 Å². The molecule has 0 saturated carbocycles. The molecule has 1 fully saturated rings. The monoisotopic (exact) mass is 290 g/mol. The van der Waals surface area contributed by atoms with Crippen LogP contribution in [0.2, 0.25) is 0 Å². The second-order valence-electron chi connectivity index (χ2n) is 5.65. The van der Waals surface area contributed by atoms with Gasteiger partial charge in [-0.05, 0) is 36.5 Å². The van der Waals surface area contributed by atoms with Crippen molar-refractivity contribution in [2.24, 2.45) is 5.92 Å². The van der Waals surface area contributed by atoms with E-state index in [2.05, 4.69) is 30.5 Å². The summed E-state index contributed by atoms with van der Waals surface area (Å²) in [6.45, 7) is 7.39. The van der Waals surface area contributed by atoms with Gasteiger partial charge in [-0.15, -0.1) is 0 Å². The van der Waals surface area contributed by atoms with Crippen molar-refractivity contribution in [3.63, 3.8) is 0 Å². The molecule has 2 unspecified atom stereocenters. The predicted molar refractivity (Wildman–Crippen MR) is 84.3 cm³/mol. The molecule has 1 amide bonds. The fourth-order valence-corrected chi connectivity index (χ4v) is 2.64. The molecule has 0 spiro atoms. The molecule has 1 aromatic rings.